The molecule has 0 aromatic carbocycles. The summed E-state index contributed by atoms with van der Waals surface area (Å²) in [5, 5.41) is 9.77. The molecule has 3 aliphatic rings. The predicted octanol–water partition coefficient (Wildman–Crippen LogP) is 1.17. The first-order valence-electron chi connectivity index (χ1n) is 7.11. The lowest BCUT2D eigenvalue weighted by Gasteiger charge is -2.33. The van der Waals surface area contributed by atoms with E-state index in [0.717, 1.165) is 32.1 Å². The molecule has 0 aromatic heterocycles. The van der Waals surface area contributed by atoms with Crippen LogP contribution in [0.5, 0.6) is 0 Å². The van der Waals surface area contributed by atoms with Crippen molar-refractivity contribution in [2.24, 2.45) is 0 Å². The fraction of sp³-hybridized carbons (Fsp3) is 1.00. The Balaban J connectivity index is 1.79. The molecule has 0 radical (unpaired) electrons. The highest BCUT2D eigenvalue weighted by Crippen LogP contribution is 2.45. The summed E-state index contributed by atoms with van der Waals surface area (Å²) < 4.78 is 39.0. The molecule has 4 atom stereocenters. The van der Waals surface area contributed by atoms with E-state index < -0.39 is 37.2 Å². The Kier molecular flexibility index (Phi) is 1.65. The van der Waals surface area contributed by atoms with Crippen LogP contribution in [0.1, 0.15) is 43.1 Å². The van der Waals surface area contributed by atoms with Gasteiger partial charge in [0.05, 0.1) is 6.10 Å². The monoisotopic (exact) mass is 217 g/mol. The van der Waals surface area contributed by atoms with Crippen molar-refractivity contribution in [1.29, 1.82) is 0 Å². The summed E-state index contributed by atoms with van der Waals surface area (Å²) in [7, 11) is 0. The van der Waals surface area contributed by atoms with Crippen LogP contribution < -0.4 is 0 Å². The highest BCUT2D eigenvalue weighted by atomic mass is 16.8. The molecule has 0 amide bonds. The summed E-state index contributed by atoms with van der Waals surface area (Å²) in [6, 6.07) is 0. The molecule has 1 spiro atoms. The van der Waals surface area contributed by atoms with Crippen LogP contribution in [0.15, 0.2) is 0 Å². The predicted molar refractivity (Wildman–Crippen MR) is 52.1 cm³/mol. The van der Waals surface area contributed by atoms with Crippen LogP contribution in [-0.4, -0.2) is 35.5 Å². The van der Waals surface area contributed by atoms with Gasteiger partial charge in [-0.3, -0.25) is 0 Å². The van der Waals surface area contributed by atoms with Crippen molar-refractivity contribution in [3.05, 3.63) is 0 Å². The van der Waals surface area contributed by atoms with E-state index in [-0.39, 0.29) is 0 Å². The third-order valence-electron chi connectivity index (χ3n) is 3.51. The topological polar surface area (TPSA) is 47.9 Å². The summed E-state index contributed by atoms with van der Waals surface area (Å²) in [6.45, 7) is -2.30. The van der Waals surface area contributed by atoms with Crippen molar-refractivity contribution in [2.75, 3.05) is 0 Å². The first-order valence-corrected chi connectivity index (χ1v) is 5.61. The number of hydrogen-bond acceptors (Lipinski definition) is 4. The van der Waals surface area contributed by atoms with E-state index in [1.807, 2.05) is 0 Å². The Labute approximate surface area is 93.7 Å². The molecule has 1 N–H and O–H groups in total. The van der Waals surface area contributed by atoms with Gasteiger partial charge in [0.1, 0.15) is 12.2 Å². The van der Waals surface area contributed by atoms with Gasteiger partial charge in [0.2, 0.25) is 0 Å². The number of ether oxygens (including phenoxy) is 3. The van der Waals surface area contributed by atoms with Gasteiger partial charge in [0.15, 0.2) is 12.1 Å². The van der Waals surface area contributed by atoms with E-state index in [1.54, 1.807) is 0 Å². The van der Waals surface area contributed by atoms with Crippen LogP contribution in [0.4, 0.5) is 0 Å². The third-order valence-corrected chi connectivity index (χ3v) is 3.51. The fourth-order valence-electron chi connectivity index (χ4n) is 2.74. The number of aliphatic hydroxyl groups excluding tert-OH is 1. The van der Waals surface area contributed by atoms with Crippen LogP contribution in [-0.2, 0) is 14.2 Å². The van der Waals surface area contributed by atoms with Crippen molar-refractivity contribution in [3.63, 3.8) is 0 Å². The molecule has 1 aliphatic carbocycles. The first kappa shape index (κ1) is 7.22. The normalized spacial score (nSPS) is 52.2. The highest BCUT2D eigenvalue weighted by molar-refractivity contribution is 4.95. The molecule has 0 aromatic rings. The molecule has 86 valence electrons. The molecule has 2 aliphatic heterocycles. The largest absolute Gasteiger partial charge is 0.366 e. The standard InChI is InChI=1S/C11H18O4/c1-7-8-9(10(12)13-7)15-11(14-8)5-3-2-4-6-11/h7-10,12H,2-6H2,1H3/t7-,8-,9-,10?/m0/s1/i1D3. The minimum atomic E-state index is -2.30. The lowest BCUT2D eigenvalue weighted by Crippen LogP contribution is -2.36. The Morgan fingerprint density at radius 1 is 1.20 bits per heavy atom. The van der Waals surface area contributed by atoms with Gasteiger partial charge in [-0.1, -0.05) is 6.42 Å². The van der Waals surface area contributed by atoms with Crippen molar-refractivity contribution >= 4 is 0 Å². The molecule has 1 saturated carbocycles. The maximum Gasteiger partial charge on any atom is 0.184 e. The SMILES string of the molecule is [2H]C([2H])([2H])[C@@H]1OC(O)[C@H]2OC3(CCCCC3)O[C@H]21. The Hall–Kier alpha value is -0.160. The molecule has 1 unspecified atom stereocenters. The zero-order valence-corrected chi connectivity index (χ0v) is 8.52. The minimum Gasteiger partial charge on any atom is -0.366 e. The lowest BCUT2D eigenvalue weighted by atomic mass is 9.94. The van der Waals surface area contributed by atoms with Gasteiger partial charge in [-0.25, -0.2) is 0 Å². The Morgan fingerprint density at radius 2 is 1.93 bits per heavy atom. The molecule has 4 heteroatoms. The third kappa shape index (κ3) is 1.51. The van der Waals surface area contributed by atoms with Crippen molar-refractivity contribution in [2.45, 2.75) is 69.3 Å². The fourth-order valence-corrected chi connectivity index (χ4v) is 2.74. The van der Waals surface area contributed by atoms with Gasteiger partial charge < -0.3 is 19.3 Å². The second kappa shape index (κ2) is 3.42. The minimum absolute atomic E-state index is 0.673. The van der Waals surface area contributed by atoms with Crippen molar-refractivity contribution in [3.8, 4) is 0 Å². The average Bonchev–Trinajstić information content (AvgIpc) is 2.77. The zero-order valence-electron chi connectivity index (χ0n) is 11.5. The average molecular weight is 217 g/mol. The van der Waals surface area contributed by atoms with Crippen LogP contribution in [0.3, 0.4) is 0 Å². The van der Waals surface area contributed by atoms with Crippen molar-refractivity contribution < 1.29 is 23.4 Å². The quantitative estimate of drug-likeness (QED) is 0.661. The Morgan fingerprint density at radius 3 is 2.67 bits per heavy atom. The molecule has 2 saturated heterocycles. The molecule has 0 bridgehead atoms. The van der Waals surface area contributed by atoms with Crippen molar-refractivity contribution in [1.82, 2.24) is 0 Å². The molecule has 2 heterocycles. The molecule has 4 nitrogen and oxygen atoms in total. The van der Waals surface area contributed by atoms with Crippen LogP contribution in [0.2, 0.25) is 0 Å². The van der Waals surface area contributed by atoms with E-state index >= 15 is 0 Å². The number of hydrogen-bond donors (Lipinski definition) is 1. The molecule has 3 fully saturated rings. The summed E-state index contributed by atoms with van der Waals surface area (Å²) in [5.74, 6) is -0.693. The number of rotatable bonds is 0. The van der Waals surface area contributed by atoms with Gasteiger partial charge in [0.25, 0.3) is 0 Å². The second-order valence-electron chi connectivity index (χ2n) is 4.58. The van der Waals surface area contributed by atoms with E-state index in [2.05, 4.69) is 0 Å². The number of aliphatic hydroxyl groups is 1. The highest BCUT2D eigenvalue weighted by Gasteiger charge is 2.56. The van der Waals surface area contributed by atoms with Gasteiger partial charge in [-0.2, -0.15) is 0 Å². The van der Waals surface area contributed by atoms with E-state index in [0.29, 0.717) is 0 Å². The second-order valence-corrected chi connectivity index (χ2v) is 4.58. The smallest absolute Gasteiger partial charge is 0.184 e. The van der Waals surface area contributed by atoms with Crippen LogP contribution >= 0.6 is 0 Å². The Bertz CT molecular complexity index is 327. The van der Waals surface area contributed by atoms with Gasteiger partial charge in [0, 0.05) is 17.0 Å². The maximum absolute atomic E-state index is 9.77. The molecular weight excluding hydrogens is 196 g/mol. The lowest BCUT2D eigenvalue weighted by molar-refractivity contribution is -0.245. The van der Waals surface area contributed by atoms with Crippen LogP contribution in [0, 0.1) is 0 Å². The van der Waals surface area contributed by atoms with E-state index in [9.17, 15) is 5.11 Å². The molecule has 15 heavy (non-hydrogen) atoms. The zero-order chi connectivity index (χ0) is 13.0. The maximum atomic E-state index is 9.77. The van der Waals surface area contributed by atoms with E-state index in [1.165, 1.54) is 0 Å². The van der Waals surface area contributed by atoms with E-state index in [4.69, 9.17) is 18.3 Å². The molecule has 3 rings (SSSR count). The first-order chi connectivity index (χ1) is 8.41. The summed E-state index contributed by atoms with van der Waals surface area (Å²) in [6.07, 6.45) is 1.02. The van der Waals surface area contributed by atoms with Gasteiger partial charge in [-0.15, -0.1) is 0 Å². The number of fused-ring (bicyclic) bond motifs is 1. The van der Waals surface area contributed by atoms with Gasteiger partial charge in [-0.05, 0) is 19.7 Å². The summed E-state index contributed by atoms with van der Waals surface area (Å²) >= 11 is 0. The molecular formula is C11H18O4. The summed E-state index contributed by atoms with van der Waals surface area (Å²) in [4.78, 5) is 0. The van der Waals surface area contributed by atoms with Crippen LogP contribution in [0.25, 0.3) is 0 Å². The summed E-state index contributed by atoms with van der Waals surface area (Å²) in [5.41, 5.74) is 0. The van der Waals surface area contributed by atoms with Gasteiger partial charge >= 0.3 is 0 Å².